The van der Waals surface area contributed by atoms with Crippen molar-refractivity contribution >= 4 is 80.6 Å². The molecule has 37 heavy (non-hydrogen) atoms. The standard InChI is InChI=1S/C25H16ClFI2N2O5S/c1-34-20-7-6-15(26)10-17(20)23-30-31-25(36-23)37-21(24(32)33)9-14-8-16(28)11-19(29)22(14)35-12-13-4-2-3-5-18(13)27/h2-11H,12H2,1H3,(H,32,33)/b21-9-. The molecule has 0 aliphatic carbocycles. The van der Waals surface area contributed by atoms with Crippen molar-refractivity contribution in [3.63, 3.8) is 0 Å². The molecule has 0 fully saturated rings. The Bertz CT molecular complexity index is 1500. The summed E-state index contributed by atoms with van der Waals surface area (Å²) in [4.78, 5) is 12.0. The minimum absolute atomic E-state index is 0.0137. The molecule has 0 atom stereocenters. The third-order valence-corrected chi connectivity index (χ3v) is 7.37. The second-order valence-electron chi connectivity index (χ2n) is 7.32. The van der Waals surface area contributed by atoms with Gasteiger partial charge in [0.25, 0.3) is 11.1 Å². The lowest BCUT2D eigenvalue weighted by Gasteiger charge is -2.13. The van der Waals surface area contributed by atoms with E-state index >= 15 is 0 Å². The van der Waals surface area contributed by atoms with Crippen LogP contribution in [-0.4, -0.2) is 28.4 Å². The Morgan fingerprint density at radius 3 is 2.70 bits per heavy atom. The van der Waals surface area contributed by atoms with Gasteiger partial charge in [-0.3, -0.25) is 0 Å². The van der Waals surface area contributed by atoms with Crippen molar-refractivity contribution in [2.75, 3.05) is 7.11 Å². The molecule has 0 saturated heterocycles. The Morgan fingerprint density at radius 1 is 1.19 bits per heavy atom. The first-order valence-corrected chi connectivity index (χ1v) is 13.8. The van der Waals surface area contributed by atoms with E-state index in [2.05, 4.69) is 55.4 Å². The normalized spacial score (nSPS) is 11.4. The van der Waals surface area contributed by atoms with E-state index in [1.807, 2.05) is 6.07 Å². The number of ether oxygens (including phenoxy) is 2. The number of benzene rings is 3. The van der Waals surface area contributed by atoms with Crippen molar-refractivity contribution in [2.45, 2.75) is 11.8 Å². The van der Waals surface area contributed by atoms with Crippen molar-refractivity contribution in [2.24, 2.45) is 0 Å². The number of carboxylic acids is 1. The van der Waals surface area contributed by atoms with Gasteiger partial charge in [-0.25, -0.2) is 9.18 Å². The number of thioether (sulfide) groups is 1. The van der Waals surface area contributed by atoms with Crippen LogP contribution in [0.4, 0.5) is 4.39 Å². The lowest BCUT2D eigenvalue weighted by molar-refractivity contribution is -0.131. The summed E-state index contributed by atoms with van der Waals surface area (Å²) in [6.07, 6.45) is 1.46. The number of aliphatic carboxylic acids is 1. The van der Waals surface area contributed by atoms with Crippen LogP contribution in [0.5, 0.6) is 11.5 Å². The number of halogens is 4. The number of methoxy groups -OCH3 is 1. The monoisotopic (exact) mass is 764 g/mol. The Kier molecular flexibility index (Phi) is 9.31. The highest BCUT2D eigenvalue weighted by molar-refractivity contribution is 14.1. The summed E-state index contributed by atoms with van der Waals surface area (Å²) in [5, 5.41) is 18.4. The molecule has 3 aromatic carbocycles. The van der Waals surface area contributed by atoms with Crippen molar-refractivity contribution < 1.29 is 28.2 Å². The molecule has 190 valence electrons. The lowest BCUT2D eigenvalue weighted by Crippen LogP contribution is -2.03. The van der Waals surface area contributed by atoms with Gasteiger partial charge in [-0.05, 0) is 99.4 Å². The molecule has 0 aliphatic heterocycles. The maximum atomic E-state index is 14.1. The van der Waals surface area contributed by atoms with Gasteiger partial charge in [0.05, 0.1) is 16.2 Å². The number of carboxylic acid groups (broad SMARTS) is 1. The highest BCUT2D eigenvalue weighted by Crippen LogP contribution is 2.37. The molecule has 1 heterocycles. The Hall–Kier alpha value is -2.36. The summed E-state index contributed by atoms with van der Waals surface area (Å²) in [7, 11) is 1.50. The molecule has 12 heteroatoms. The smallest absolute Gasteiger partial charge is 0.342 e. The summed E-state index contributed by atoms with van der Waals surface area (Å²) >= 11 is 11.1. The SMILES string of the molecule is COc1ccc(Cl)cc1-c1nnc(S/C(=C\c2cc(I)cc(I)c2OCc2ccccc2F)C(=O)O)o1. The van der Waals surface area contributed by atoms with E-state index in [0.29, 0.717) is 33.2 Å². The Morgan fingerprint density at radius 2 is 1.97 bits per heavy atom. The first kappa shape index (κ1) is 27.7. The van der Waals surface area contributed by atoms with E-state index in [9.17, 15) is 14.3 Å². The van der Waals surface area contributed by atoms with Gasteiger partial charge in [-0.2, -0.15) is 0 Å². The number of hydrogen-bond donors (Lipinski definition) is 1. The molecule has 0 saturated carbocycles. The third kappa shape index (κ3) is 6.94. The number of carbonyl (C=O) groups is 1. The fraction of sp³-hybridized carbons (Fsp3) is 0.0800. The molecule has 0 spiro atoms. The molecule has 1 N–H and O–H groups in total. The van der Waals surface area contributed by atoms with Crippen LogP contribution in [0.1, 0.15) is 11.1 Å². The second-order valence-corrected chi connectivity index (χ2v) is 11.2. The van der Waals surface area contributed by atoms with Crippen molar-refractivity contribution in [1.82, 2.24) is 10.2 Å². The number of rotatable bonds is 9. The van der Waals surface area contributed by atoms with Gasteiger partial charge < -0.3 is 19.0 Å². The summed E-state index contributed by atoms with van der Waals surface area (Å²) in [6, 6.07) is 14.9. The minimum atomic E-state index is -1.20. The van der Waals surface area contributed by atoms with E-state index < -0.39 is 5.97 Å². The molecule has 0 amide bonds. The Balaban J connectivity index is 1.65. The van der Waals surface area contributed by atoms with Crippen molar-refractivity contribution in [1.29, 1.82) is 0 Å². The average Bonchev–Trinajstić information content (AvgIpc) is 3.32. The summed E-state index contributed by atoms with van der Waals surface area (Å²) < 4.78 is 32.7. The Labute approximate surface area is 247 Å². The lowest BCUT2D eigenvalue weighted by atomic mass is 10.2. The molecular weight excluding hydrogens is 749 g/mol. The second kappa shape index (κ2) is 12.5. The zero-order chi connectivity index (χ0) is 26.5. The van der Waals surface area contributed by atoms with Crippen LogP contribution in [0.3, 0.4) is 0 Å². The number of aromatic nitrogens is 2. The zero-order valence-corrected chi connectivity index (χ0v) is 24.8. The van der Waals surface area contributed by atoms with Gasteiger partial charge in [0.15, 0.2) is 0 Å². The fourth-order valence-corrected chi connectivity index (χ4v) is 6.06. The predicted octanol–water partition coefficient (Wildman–Crippen LogP) is 7.54. The van der Waals surface area contributed by atoms with Crippen LogP contribution < -0.4 is 9.47 Å². The summed E-state index contributed by atoms with van der Waals surface area (Å²) in [5.41, 5.74) is 1.37. The van der Waals surface area contributed by atoms with Crippen LogP contribution in [0.2, 0.25) is 5.02 Å². The minimum Gasteiger partial charge on any atom is -0.496 e. The van der Waals surface area contributed by atoms with E-state index in [-0.39, 0.29) is 28.4 Å². The number of nitrogens with zero attached hydrogens (tertiary/aromatic N) is 2. The van der Waals surface area contributed by atoms with Gasteiger partial charge in [0.2, 0.25) is 0 Å². The van der Waals surface area contributed by atoms with Crippen LogP contribution >= 0.6 is 68.5 Å². The molecule has 1 aromatic heterocycles. The van der Waals surface area contributed by atoms with Gasteiger partial charge in [0, 0.05) is 19.7 Å². The maximum Gasteiger partial charge on any atom is 0.342 e. The average molecular weight is 765 g/mol. The van der Waals surface area contributed by atoms with Gasteiger partial charge in [0.1, 0.15) is 28.8 Å². The van der Waals surface area contributed by atoms with Crippen molar-refractivity contribution in [3.05, 3.63) is 88.6 Å². The molecule has 7 nitrogen and oxygen atoms in total. The predicted molar refractivity (Wildman–Crippen MR) is 155 cm³/mol. The maximum absolute atomic E-state index is 14.1. The molecular formula is C25H16ClFI2N2O5S. The van der Waals surface area contributed by atoms with E-state index in [0.717, 1.165) is 18.9 Å². The van der Waals surface area contributed by atoms with Crippen LogP contribution in [-0.2, 0) is 11.4 Å². The zero-order valence-electron chi connectivity index (χ0n) is 18.9. The molecule has 0 radical (unpaired) electrons. The van der Waals surface area contributed by atoms with Crippen LogP contribution in [0.25, 0.3) is 17.5 Å². The van der Waals surface area contributed by atoms with Crippen LogP contribution in [0.15, 0.2) is 69.1 Å². The van der Waals surface area contributed by atoms with E-state index in [1.165, 1.54) is 19.3 Å². The quantitative estimate of drug-likeness (QED) is 0.106. The molecule has 0 bridgehead atoms. The van der Waals surface area contributed by atoms with Gasteiger partial charge in [-0.15, -0.1) is 10.2 Å². The highest BCUT2D eigenvalue weighted by Gasteiger charge is 2.20. The topological polar surface area (TPSA) is 94.7 Å². The molecule has 0 unspecified atom stereocenters. The largest absolute Gasteiger partial charge is 0.496 e. The summed E-state index contributed by atoms with van der Waals surface area (Å²) in [6.45, 7) is -0.0197. The van der Waals surface area contributed by atoms with Crippen LogP contribution in [0, 0.1) is 13.0 Å². The first-order valence-electron chi connectivity index (χ1n) is 10.4. The molecule has 4 rings (SSSR count). The molecule has 0 aliphatic rings. The van der Waals surface area contributed by atoms with E-state index in [4.69, 9.17) is 25.5 Å². The summed E-state index contributed by atoms with van der Waals surface area (Å²) in [5.74, 6) is -0.545. The third-order valence-electron chi connectivity index (χ3n) is 4.86. The van der Waals surface area contributed by atoms with Crippen molar-refractivity contribution in [3.8, 4) is 23.0 Å². The highest BCUT2D eigenvalue weighted by atomic mass is 127. The number of hydrogen-bond acceptors (Lipinski definition) is 7. The van der Waals surface area contributed by atoms with Gasteiger partial charge >= 0.3 is 5.97 Å². The molecule has 4 aromatic rings. The first-order chi connectivity index (χ1) is 17.7. The van der Waals surface area contributed by atoms with E-state index in [1.54, 1.807) is 42.5 Å². The van der Waals surface area contributed by atoms with Gasteiger partial charge in [-0.1, -0.05) is 29.8 Å². The fourth-order valence-electron chi connectivity index (χ4n) is 3.18.